The first-order chi connectivity index (χ1) is 8.04. The van der Waals surface area contributed by atoms with E-state index in [2.05, 4.69) is 23.9 Å². The van der Waals surface area contributed by atoms with E-state index in [1.54, 1.807) is 6.33 Å². The highest BCUT2D eigenvalue weighted by molar-refractivity contribution is 4.98. The molecular weight excluding hydrogens is 214 g/mol. The Labute approximate surface area is 103 Å². The molecule has 96 valence electrons. The van der Waals surface area contributed by atoms with Crippen LogP contribution in [-0.2, 0) is 13.0 Å². The summed E-state index contributed by atoms with van der Waals surface area (Å²) in [6, 6.07) is 0. The van der Waals surface area contributed by atoms with Crippen LogP contribution >= 0.6 is 0 Å². The van der Waals surface area contributed by atoms with E-state index < -0.39 is 5.60 Å². The lowest BCUT2D eigenvalue weighted by Gasteiger charge is -2.38. The molecule has 1 aliphatic carbocycles. The second-order valence-corrected chi connectivity index (χ2v) is 5.59. The van der Waals surface area contributed by atoms with Gasteiger partial charge in [-0.3, -0.25) is 4.68 Å². The smallest absolute Gasteiger partial charge is 0.138 e. The van der Waals surface area contributed by atoms with Crippen molar-refractivity contribution in [3.63, 3.8) is 0 Å². The van der Waals surface area contributed by atoms with Gasteiger partial charge < -0.3 is 5.11 Å². The monoisotopic (exact) mass is 237 g/mol. The molecule has 4 heteroatoms. The van der Waals surface area contributed by atoms with E-state index >= 15 is 0 Å². The van der Waals surface area contributed by atoms with Crippen molar-refractivity contribution in [3.8, 4) is 0 Å². The van der Waals surface area contributed by atoms with Gasteiger partial charge in [-0.25, -0.2) is 4.98 Å². The maximum Gasteiger partial charge on any atom is 0.138 e. The van der Waals surface area contributed by atoms with E-state index in [0.717, 1.165) is 37.5 Å². The number of hydrogen-bond donors (Lipinski definition) is 1. The molecule has 2 rings (SSSR count). The van der Waals surface area contributed by atoms with Gasteiger partial charge in [0.05, 0.1) is 5.60 Å². The maximum absolute atomic E-state index is 10.7. The molecule has 1 aromatic rings. The minimum Gasteiger partial charge on any atom is -0.389 e. The summed E-state index contributed by atoms with van der Waals surface area (Å²) in [5.41, 5.74) is -0.577. The minimum absolute atomic E-state index is 0.577. The molecule has 1 aliphatic rings. The van der Waals surface area contributed by atoms with Crippen LogP contribution in [0.25, 0.3) is 0 Å². The third-order valence-corrected chi connectivity index (χ3v) is 4.22. The number of rotatable bonds is 3. The molecule has 1 N–H and O–H groups in total. The van der Waals surface area contributed by atoms with Crippen molar-refractivity contribution < 1.29 is 5.11 Å². The van der Waals surface area contributed by atoms with E-state index in [0.29, 0.717) is 12.3 Å². The van der Waals surface area contributed by atoms with Crippen LogP contribution in [0.5, 0.6) is 0 Å². The van der Waals surface area contributed by atoms with Crippen LogP contribution in [0, 0.1) is 11.8 Å². The molecule has 4 nitrogen and oxygen atoms in total. The van der Waals surface area contributed by atoms with Crippen molar-refractivity contribution in [1.82, 2.24) is 14.8 Å². The third-order valence-electron chi connectivity index (χ3n) is 4.22. The van der Waals surface area contributed by atoms with Crippen LogP contribution in [0.3, 0.4) is 0 Å². The second-order valence-electron chi connectivity index (χ2n) is 5.59. The third kappa shape index (κ3) is 2.68. The minimum atomic E-state index is -0.577. The van der Waals surface area contributed by atoms with Gasteiger partial charge in [0.2, 0.25) is 0 Å². The zero-order valence-electron chi connectivity index (χ0n) is 11.1. The van der Waals surface area contributed by atoms with E-state index in [1.807, 2.05) is 11.6 Å². The van der Waals surface area contributed by atoms with Gasteiger partial charge in [-0.1, -0.05) is 13.8 Å². The summed E-state index contributed by atoms with van der Waals surface area (Å²) < 4.78 is 1.88. The predicted molar refractivity (Wildman–Crippen MR) is 66.5 cm³/mol. The molecule has 0 saturated heterocycles. The number of aromatic nitrogens is 3. The van der Waals surface area contributed by atoms with Crippen molar-refractivity contribution in [3.05, 3.63) is 12.2 Å². The summed E-state index contributed by atoms with van der Waals surface area (Å²) in [5.74, 6) is 2.22. The van der Waals surface area contributed by atoms with E-state index in [9.17, 15) is 5.11 Å². The van der Waals surface area contributed by atoms with Crippen LogP contribution in [0.4, 0.5) is 0 Å². The fourth-order valence-corrected chi connectivity index (χ4v) is 2.83. The van der Waals surface area contributed by atoms with Crippen molar-refractivity contribution in [2.24, 2.45) is 11.8 Å². The molecular formula is C13H23N3O. The van der Waals surface area contributed by atoms with Crippen LogP contribution < -0.4 is 0 Å². The first kappa shape index (κ1) is 12.6. The van der Waals surface area contributed by atoms with Gasteiger partial charge >= 0.3 is 0 Å². The van der Waals surface area contributed by atoms with Crippen LogP contribution in [-0.4, -0.2) is 25.5 Å². The zero-order chi connectivity index (χ0) is 12.5. The SMILES string of the molecule is CCn1ncnc1CC1(O)CCC(C)C(C)C1. The lowest BCUT2D eigenvalue weighted by molar-refractivity contribution is -0.0300. The first-order valence-electron chi connectivity index (χ1n) is 6.63. The molecule has 1 fully saturated rings. The highest BCUT2D eigenvalue weighted by Gasteiger charge is 2.36. The molecule has 0 radical (unpaired) electrons. The standard InChI is InChI=1S/C13H23N3O/c1-4-16-12(14-9-15-16)8-13(17)6-5-10(2)11(3)7-13/h9-11,17H,4-8H2,1-3H3. The Bertz CT molecular complexity index is 376. The number of nitrogens with zero attached hydrogens (tertiary/aromatic N) is 3. The number of hydrogen-bond acceptors (Lipinski definition) is 3. The summed E-state index contributed by atoms with van der Waals surface area (Å²) in [7, 11) is 0. The molecule has 0 bridgehead atoms. The predicted octanol–water partition coefficient (Wildman–Crippen LogP) is 2.03. The van der Waals surface area contributed by atoms with E-state index in [1.165, 1.54) is 0 Å². The highest BCUT2D eigenvalue weighted by atomic mass is 16.3. The van der Waals surface area contributed by atoms with Crippen LogP contribution in [0.1, 0.15) is 45.9 Å². The van der Waals surface area contributed by atoms with E-state index in [4.69, 9.17) is 0 Å². The van der Waals surface area contributed by atoms with Gasteiger partial charge in [-0.05, 0) is 38.0 Å². The maximum atomic E-state index is 10.7. The lowest BCUT2D eigenvalue weighted by Crippen LogP contribution is -2.40. The summed E-state index contributed by atoms with van der Waals surface area (Å²) in [5, 5.41) is 14.8. The Morgan fingerprint density at radius 3 is 2.88 bits per heavy atom. The topological polar surface area (TPSA) is 50.9 Å². The Morgan fingerprint density at radius 2 is 2.24 bits per heavy atom. The molecule has 3 atom stereocenters. The summed E-state index contributed by atoms with van der Waals surface area (Å²) in [6.45, 7) is 7.38. The molecule has 0 amide bonds. The fourth-order valence-electron chi connectivity index (χ4n) is 2.83. The quantitative estimate of drug-likeness (QED) is 0.875. The molecule has 1 saturated carbocycles. The van der Waals surface area contributed by atoms with Gasteiger partial charge in [-0.2, -0.15) is 5.10 Å². The average Bonchev–Trinajstić information content (AvgIpc) is 2.71. The fraction of sp³-hybridized carbons (Fsp3) is 0.846. The van der Waals surface area contributed by atoms with Crippen molar-refractivity contribution >= 4 is 0 Å². The lowest BCUT2D eigenvalue weighted by atomic mass is 9.72. The normalized spacial score (nSPS) is 33.9. The summed E-state index contributed by atoms with van der Waals surface area (Å²) in [6.07, 6.45) is 5.09. The molecule has 1 heterocycles. The van der Waals surface area contributed by atoms with E-state index in [-0.39, 0.29) is 0 Å². The number of aliphatic hydroxyl groups is 1. The van der Waals surface area contributed by atoms with Crippen molar-refractivity contribution in [2.45, 2.75) is 58.6 Å². The molecule has 0 aliphatic heterocycles. The van der Waals surface area contributed by atoms with Gasteiger partial charge in [0.25, 0.3) is 0 Å². The molecule has 0 aromatic carbocycles. The Balaban J connectivity index is 2.07. The van der Waals surface area contributed by atoms with Crippen LogP contribution in [0.15, 0.2) is 6.33 Å². The van der Waals surface area contributed by atoms with Gasteiger partial charge in [0.1, 0.15) is 12.2 Å². The van der Waals surface area contributed by atoms with Gasteiger partial charge in [-0.15, -0.1) is 0 Å². The zero-order valence-corrected chi connectivity index (χ0v) is 11.1. The first-order valence-corrected chi connectivity index (χ1v) is 6.63. The Morgan fingerprint density at radius 1 is 1.47 bits per heavy atom. The number of aryl methyl sites for hydroxylation is 1. The summed E-state index contributed by atoms with van der Waals surface area (Å²) >= 11 is 0. The largest absolute Gasteiger partial charge is 0.389 e. The Hall–Kier alpha value is -0.900. The molecule has 1 aromatic heterocycles. The molecule has 0 spiro atoms. The average molecular weight is 237 g/mol. The molecule has 17 heavy (non-hydrogen) atoms. The van der Waals surface area contributed by atoms with Gasteiger partial charge in [0, 0.05) is 13.0 Å². The Kier molecular flexibility index (Phi) is 3.52. The van der Waals surface area contributed by atoms with Crippen molar-refractivity contribution in [1.29, 1.82) is 0 Å². The van der Waals surface area contributed by atoms with Gasteiger partial charge in [0.15, 0.2) is 0 Å². The highest BCUT2D eigenvalue weighted by Crippen LogP contribution is 2.37. The van der Waals surface area contributed by atoms with Crippen molar-refractivity contribution in [2.75, 3.05) is 0 Å². The molecule has 3 unspecified atom stereocenters. The summed E-state index contributed by atoms with van der Waals surface area (Å²) in [4.78, 5) is 4.26. The second kappa shape index (κ2) is 4.77. The van der Waals surface area contributed by atoms with Crippen LogP contribution in [0.2, 0.25) is 0 Å².